The monoisotopic (exact) mass is 237 g/mol. The number of carbonyl (C=O) groups is 1. The SMILES string of the molecule is CCCO[C@@H](Cc1ccc(N)cc1)C(=O)OC. The van der Waals surface area contributed by atoms with E-state index in [-0.39, 0.29) is 5.97 Å². The van der Waals surface area contributed by atoms with E-state index in [0.717, 1.165) is 12.0 Å². The molecule has 1 atom stereocenters. The zero-order valence-electron chi connectivity index (χ0n) is 10.3. The minimum Gasteiger partial charge on any atom is -0.467 e. The van der Waals surface area contributed by atoms with Gasteiger partial charge in [0.1, 0.15) is 0 Å². The summed E-state index contributed by atoms with van der Waals surface area (Å²) in [6.45, 7) is 2.55. The summed E-state index contributed by atoms with van der Waals surface area (Å²) in [5.41, 5.74) is 7.31. The molecular formula is C13H19NO3. The van der Waals surface area contributed by atoms with Crippen LogP contribution in [-0.2, 0) is 20.7 Å². The van der Waals surface area contributed by atoms with Crippen LogP contribution in [0.2, 0.25) is 0 Å². The molecule has 4 nitrogen and oxygen atoms in total. The van der Waals surface area contributed by atoms with Crippen LogP contribution in [0.25, 0.3) is 0 Å². The van der Waals surface area contributed by atoms with Gasteiger partial charge in [-0.25, -0.2) is 4.79 Å². The second-order valence-electron chi connectivity index (χ2n) is 3.83. The largest absolute Gasteiger partial charge is 0.467 e. The van der Waals surface area contributed by atoms with Crippen molar-refractivity contribution in [1.29, 1.82) is 0 Å². The highest BCUT2D eigenvalue weighted by atomic mass is 16.6. The lowest BCUT2D eigenvalue weighted by Crippen LogP contribution is -2.28. The molecule has 17 heavy (non-hydrogen) atoms. The van der Waals surface area contributed by atoms with Crippen LogP contribution in [0.3, 0.4) is 0 Å². The van der Waals surface area contributed by atoms with E-state index in [1.165, 1.54) is 7.11 Å². The number of esters is 1. The van der Waals surface area contributed by atoms with Gasteiger partial charge < -0.3 is 15.2 Å². The van der Waals surface area contributed by atoms with Crippen LogP contribution in [0.4, 0.5) is 5.69 Å². The Bertz CT molecular complexity index is 348. The maximum atomic E-state index is 11.5. The molecule has 0 saturated heterocycles. The normalized spacial score (nSPS) is 12.1. The van der Waals surface area contributed by atoms with Crippen molar-refractivity contribution in [1.82, 2.24) is 0 Å². The van der Waals surface area contributed by atoms with E-state index >= 15 is 0 Å². The summed E-state index contributed by atoms with van der Waals surface area (Å²) in [6, 6.07) is 7.40. The number of ether oxygens (including phenoxy) is 2. The fourth-order valence-electron chi connectivity index (χ4n) is 1.47. The number of rotatable bonds is 6. The third-order valence-electron chi connectivity index (χ3n) is 2.39. The fraction of sp³-hybridized carbons (Fsp3) is 0.462. The number of nitrogen functional groups attached to an aromatic ring is 1. The molecule has 0 aliphatic carbocycles. The van der Waals surface area contributed by atoms with Crippen LogP contribution >= 0.6 is 0 Å². The fourth-order valence-corrected chi connectivity index (χ4v) is 1.47. The van der Waals surface area contributed by atoms with Crippen LogP contribution in [0.15, 0.2) is 24.3 Å². The first-order valence-electron chi connectivity index (χ1n) is 5.71. The predicted octanol–water partition coefficient (Wildman–Crippen LogP) is 1.78. The summed E-state index contributed by atoms with van der Waals surface area (Å²) in [4.78, 5) is 11.5. The summed E-state index contributed by atoms with van der Waals surface area (Å²) in [5, 5.41) is 0. The van der Waals surface area contributed by atoms with E-state index in [0.29, 0.717) is 18.7 Å². The van der Waals surface area contributed by atoms with Crippen LogP contribution in [-0.4, -0.2) is 25.8 Å². The van der Waals surface area contributed by atoms with Crippen molar-refractivity contribution in [3.05, 3.63) is 29.8 Å². The Morgan fingerprint density at radius 3 is 2.53 bits per heavy atom. The van der Waals surface area contributed by atoms with E-state index in [4.69, 9.17) is 15.2 Å². The van der Waals surface area contributed by atoms with Crippen molar-refractivity contribution in [2.75, 3.05) is 19.5 Å². The average Bonchev–Trinajstić information content (AvgIpc) is 2.36. The molecule has 4 heteroatoms. The van der Waals surface area contributed by atoms with Crippen molar-refractivity contribution in [3.63, 3.8) is 0 Å². The number of hydrogen-bond donors (Lipinski definition) is 1. The van der Waals surface area contributed by atoms with E-state index in [2.05, 4.69) is 0 Å². The van der Waals surface area contributed by atoms with E-state index in [1.807, 2.05) is 31.2 Å². The van der Waals surface area contributed by atoms with Crippen LogP contribution in [0.5, 0.6) is 0 Å². The van der Waals surface area contributed by atoms with Crippen molar-refractivity contribution < 1.29 is 14.3 Å². The van der Waals surface area contributed by atoms with Gasteiger partial charge in [0.25, 0.3) is 0 Å². The van der Waals surface area contributed by atoms with Gasteiger partial charge in [-0.15, -0.1) is 0 Å². The molecule has 0 saturated carbocycles. The van der Waals surface area contributed by atoms with Gasteiger partial charge in [0, 0.05) is 18.7 Å². The van der Waals surface area contributed by atoms with Crippen molar-refractivity contribution in [2.45, 2.75) is 25.9 Å². The van der Waals surface area contributed by atoms with E-state index < -0.39 is 6.10 Å². The van der Waals surface area contributed by atoms with Gasteiger partial charge in [0.05, 0.1) is 7.11 Å². The maximum Gasteiger partial charge on any atom is 0.335 e. The minimum atomic E-state index is -0.538. The Hall–Kier alpha value is -1.55. The molecule has 94 valence electrons. The lowest BCUT2D eigenvalue weighted by atomic mass is 10.1. The lowest BCUT2D eigenvalue weighted by molar-refractivity contribution is -0.154. The smallest absolute Gasteiger partial charge is 0.335 e. The summed E-state index contributed by atoms with van der Waals surface area (Å²) >= 11 is 0. The van der Waals surface area contributed by atoms with E-state index in [9.17, 15) is 4.79 Å². The first-order valence-corrected chi connectivity index (χ1v) is 5.71. The quantitative estimate of drug-likeness (QED) is 0.605. The molecular weight excluding hydrogens is 218 g/mol. The minimum absolute atomic E-state index is 0.338. The number of anilines is 1. The molecule has 1 aromatic rings. The molecule has 0 bridgehead atoms. The molecule has 0 fully saturated rings. The summed E-state index contributed by atoms with van der Waals surface area (Å²) in [6.07, 6.45) is 0.839. The highest BCUT2D eigenvalue weighted by Crippen LogP contribution is 2.11. The first-order chi connectivity index (χ1) is 8.17. The highest BCUT2D eigenvalue weighted by Gasteiger charge is 2.19. The van der Waals surface area contributed by atoms with Gasteiger partial charge in [-0.3, -0.25) is 0 Å². The molecule has 2 N–H and O–H groups in total. The van der Waals surface area contributed by atoms with Gasteiger partial charge in [0.15, 0.2) is 6.10 Å². The van der Waals surface area contributed by atoms with Gasteiger partial charge in [-0.1, -0.05) is 19.1 Å². The van der Waals surface area contributed by atoms with Gasteiger partial charge >= 0.3 is 5.97 Å². The Morgan fingerprint density at radius 1 is 1.35 bits per heavy atom. The molecule has 0 amide bonds. The molecule has 0 aliphatic heterocycles. The van der Waals surface area contributed by atoms with Crippen molar-refractivity contribution in [3.8, 4) is 0 Å². The number of methoxy groups -OCH3 is 1. The third-order valence-corrected chi connectivity index (χ3v) is 2.39. The summed E-state index contributed by atoms with van der Waals surface area (Å²) in [7, 11) is 1.37. The number of nitrogens with two attached hydrogens (primary N) is 1. The van der Waals surface area contributed by atoms with Crippen LogP contribution in [0.1, 0.15) is 18.9 Å². The molecule has 0 aliphatic rings. The third kappa shape index (κ3) is 4.44. The van der Waals surface area contributed by atoms with Crippen molar-refractivity contribution >= 4 is 11.7 Å². The highest BCUT2D eigenvalue weighted by molar-refractivity contribution is 5.75. The Morgan fingerprint density at radius 2 is 2.00 bits per heavy atom. The van der Waals surface area contributed by atoms with Crippen LogP contribution in [0, 0.1) is 0 Å². The Balaban J connectivity index is 2.64. The van der Waals surface area contributed by atoms with Gasteiger partial charge in [0.2, 0.25) is 0 Å². The van der Waals surface area contributed by atoms with Gasteiger partial charge in [-0.05, 0) is 24.1 Å². The Labute approximate surface area is 102 Å². The average molecular weight is 237 g/mol. The van der Waals surface area contributed by atoms with E-state index in [1.54, 1.807) is 0 Å². The second kappa shape index (κ2) is 6.91. The predicted molar refractivity (Wildman–Crippen MR) is 66.6 cm³/mol. The molecule has 0 heterocycles. The second-order valence-corrected chi connectivity index (χ2v) is 3.83. The molecule has 1 aromatic carbocycles. The van der Waals surface area contributed by atoms with Gasteiger partial charge in [-0.2, -0.15) is 0 Å². The number of benzene rings is 1. The standard InChI is InChI=1S/C13H19NO3/c1-3-8-17-12(13(15)16-2)9-10-4-6-11(14)7-5-10/h4-7,12H,3,8-9,14H2,1-2H3/t12-/m0/s1. The molecule has 0 spiro atoms. The molecule has 1 rings (SSSR count). The van der Waals surface area contributed by atoms with Crippen molar-refractivity contribution in [2.24, 2.45) is 0 Å². The molecule has 0 aromatic heterocycles. The zero-order valence-corrected chi connectivity index (χ0v) is 10.3. The number of carbonyl (C=O) groups excluding carboxylic acids is 1. The lowest BCUT2D eigenvalue weighted by Gasteiger charge is -2.15. The summed E-state index contributed by atoms with van der Waals surface area (Å²) < 4.78 is 10.2. The maximum absolute atomic E-state index is 11.5. The zero-order chi connectivity index (χ0) is 12.7. The molecule has 0 unspecified atom stereocenters. The first kappa shape index (κ1) is 13.5. The topological polar surface area (TPSA) is 61.5 Å². The van der Waals surface area contributed by atoms with Crippen LogP contribution < -0.4 is 5.73 Å². The molecule has 0 radical (unpaired) electrons. The number of hydrogen-bond acceptors (Lipinski definition) is 4. The Kier molecular flexibility index (Phi) is 5.49. The summed E-state index contributed by atoms with van der Waals surface area (Å²) in [5.74, 6) is -0.338.